The second-order valence-corrected chi connectivity index (χ2v) is 5.28. The average Bonchev–Trinajstić information content (AvgIpc) is 2.40. The SMILES string of the molecule is O=C(O)[C@@H](NCC[C@H](O)C(=O)O)[C@@H](O)CN1C[C@@H](O)[C@H]1C(=O)O. The van der Waals surface area contributed by atoms with Crippen molar-refractivity contribution in [2.24, 2.45) is 0 Å². The molecule has 0 unspecified atom stereocenters. The molecular weight excluding hydrogens is 316 g/mol. The zero-order valence-corrected chi connectivity index (χ0v) is 12.1. The molecule has 11 nitrogen and oxygen atoms in total. The summed E-state index contributed by atoms with van der Waals surface area (Å²) in [5, 5.41) is 57.2. The smallest absolute Gasteiger partial charge is 0.332 e. The molecule has 1 aliphatic rings. The molecule has 7 N–H and O–H groups in total. The van der Waals surface area contributed by atoms with Crippen LogP contribution in [0.15, 0.2) is 0 Å². The van der Waals surface area contributed by atoms with E-state index >= 15 is 0 Å². The summed E-state index contributed by atoms with van der Waals surface area (Å²) >= 11 is 0. The van der Waals surface area contributed by atoms with Gasteiger partial charge in [0.15, 0.2) is 6.10 Å². The van der Waals surface area contributed by atoms with E-state index in [4.69, 9.17) is 20.4 Å². The minimum absolute atomic E-state index is 0.00189. The molecule has 0 bridgehead atoms. The predicted molar refractivity (Wildman–Crippen MR) is 72.7 cm³/mol. The highest BCUT2D eigenvalue weighted by Gasteiger charge is 2.44. The number of aliphatic hydroxyl groups is 3. The van der Waals surface area contributed by atoms with Gasteiger partial charge in [-0.3, -0.25) is 14.5 Å². The third-order valence-electron chi connectivity index (χ3n) is 3.57. The van der Waals surface area contributed by atoms with E-state index in [9.17, 15) is 24.6 Å². The van der Waals surface area contributed by atoms with Crippen molar-refractivity contribution in [3.8, 4) is 0 Å². The van der Waals surface area contributed by atoms with Gasteiger partial charge in [0.25, 0.3) is 0 Å². The monoisotopic (exact) mass is 336 g/mol. The number of hydrogen-bond acceptors (Lipinski definition) is 8. The minimum atomic E-state index is -1.66. The summed E-state index contributed by atoms with van der Waals surface area (Å²) in [5.74, 6) is -4.13. The predicted octanol–water partition coefficient (Wildman–Crippen LogP) is -3.64. The van der Waals surface area contributed by atoms with Crippen molar-refractivity contribution < 1.29 is 45.0 Å². The molecule has 1 fully saturated rings. The van der Waals surface area contributed by atoms with Gasteiger partial charge >= 0.3 is 17.9 Å². The topological polar surface area (TPSA) is 188 Å². The van der Waals surface area contributed by atoms with Gasteiger partial charge in [-0.25, -0.2) is 4.79 Å². The maximum Gasteiger partial charge on any atom is 0.332 e. The standard InChI is InChI=1S/C12H20N2O9/c15-5(10(18)19)1-2-13-8(11(20)21)6(16)3-14-4-7(17)9(14)12(22)23/h5-9,13,15-17H,1-4H2,(H,18,19)(H,20,21)(H,22,23)/t5-,6-,7+,8-,9-/m0/s1. The second-order valence-electron chi connectivity index (χ2n) is 5.28. The van der Waals surface area contributed by atoms with Gasteiger partial charge in [-0.15, -0.1) is 0 Å². The van der Waals surface area contributed by atoms with Crippen LogP contribution in [-0.4, -0.2) is 103 Å². The molecule has 0 radical (unpaired) electrons. The van der Waals surface area contributed by atoms with Crippen LogP contribution in [0, 0.1) is 0 Å². The van der Waals surface area contributed by atoms with E-state index in [0.717, 1.165) is 0 Å². The number of aliphatic hydroxyl groups excluding tert-OH is 3. The fourth-order valence-electron chi connectivity index (χ4n) is 2.30. The summed E-state index contributed by atoms with van der Waals surface area (Å²) in [7, 11) is 0. The minimum Gasteiger partial charge on any atom is -0.480 e. The fraction of sp³-hybridized carbons (Fsp3) is 0.750. The van der Waals surface area contributed by atoms with Crippen molar-refractivity contribution in [2.75, 3.05) is 19.6 Å². The number of carbonyl (C=O) groups is 3. The molecule has 0 aromatic rings. The van der Waals surface area contributed by atoms with Gasteiger partial charge in [0.05, 0.1) is 12.2 Å². The molecule has 1 saturated heterocycles. The Labute approximate surface area is 130 Å². The lowest BCUT2D eigenvalue weighted by Gasteiger charge is -2.43. The van der Waals surface area contributed by atoms with E-state index in [2.05, 4.69) is 5.32 Å². The quantitative estimate of drug-likeness (QED) is 0.208. The summed E-state index contributed by atoms with van der Waals surface area (Å²) in [4.78, 5) is 33.7. The van der Waals surface area contributed by atoms with Crippen molar-refractivity contribution in [3.05, 3.63) is 0 Å². The Hall–Kier alpha value is -1.79. The Morgan fingerprint density at radius 3 is 2.17 bits per heavy atom. The maximum absolute atomic E-state index is 11.1. The Balaban J connectivity index is 2.52. The van der Waals surface area contributed by atoms with Gasteiger partial charge in [-0.05, 0) is 13.0 Å². The summed E-state index contributed by atoms with van der Waals surface area (Å²) in [6.07, 6.45) is -4.48. The number of aliphatic carboxylic acids is 3. The van der Waals surface area contributed by atoms with E-state index in [-0.39, 0.29) is 26.1 Å². The van der Waals surface area contributed by atoms with Crippen LogP contribution < -0.4 is 5.32 Å². The van der Waals surface area contributed by atoms with E-state index in [1.54, 1.807) is 0 Å². The summed E-state index contributed by atoms with van der Waals surface area (Å²) < 4.78 is 0. The third kappa shape index (κ3) is 5.11. The van der Waals surface area contributed by atoms with Crippen LogP contribution in [0.2, 0.25) is 0 Å². The summed E-state index contributed by atoms with van der Waals surface area (Å²) in [6.45, 7) is -0.468. The molecular formula is C12H20N2O9. The van der Waals surface area contributed by atoms with Gasteiger partial charge in [0.1, 0.15) is 12.1 Å². The Morgan fingerprint density at radius 1 is 1.13 bits per heavy atom. The summed E-state index contributed by atoms with van der Waals surface area (Å²) in [6, 6.07) is -2.67. The molecule has 0 aromatic carbocycles. The molecule has 0 saturated carbocycles. The maximum atomic E-state index is 11.1. The lowest BCUT2D eigenvalue weighted by molar-refractivity contribution is -0.163. The molecule has 23 heavy (non-hydrogen) atoms. The molecule has 5 atom stereocenters. The van der Waals surface area contributed by atoms with Crippen LogP contribution in [0.5, 0.6) is 0 Å². The first-order valence-electron chi connectivity index (χ1n) is 6.85. The number of β-amino-alcohol motifs (C(OH)–C–C–N with tert-alkyl or cyclic N) is 2. The van der Waals surface area contributed by atoms with E-state index in [0.29, 0.717) is 0 Å². The molecule has 1 heterocycles. The molecule has 0 amide bonds. The number of hydrogen-bond donors (Lipinski definition) is 7. The van der Waals surface area contributed by atoms with Crippen molar-refractivity contribution in [3.63, 3.8) is 0 Å². The van der Waals surface area contributed by atoms with Crippen molar-refractivity contribution >= 4 is 17.9 Å². The zero-order chi connectivity index (χ0) is 17.7. The molecule has 1 aliphatic heterocycles. The van der Waals surface area contributed by atoms with Crippen LogP contribution in [0.1, 0.15) is 6.42 Å². The first kappa shape index (κ1) is 19.3. The normalized spacial score (nSPS) is 25.2. The number of rotatable bonds is 10. The first-order valence-corrected chi connectivity index (χ1v) is 6.85. The van der Waals surface area contributed by atoms with Crippen LogP contribution in [0.4, 0.5) is 0 Å². The van der Waals surface area contributed by atoms with Crippen molar-refractivity contribution in [2.45, 2.75) is 36.8 Å². The van der Waals surface area contributed by atoms with Gasteiger partial charge in [-0.2, -0.15) is 0 Å². The van der Waals surface area contributed by atoms with Gasteiger partial charge in [0.2, 0.25) is 0 Å². The van der Waals surface area contributed by atoms with Crippen molar-refractivity contribution in [1.82, 2.24) is 10.2 Å². The van der Waals surface area contributed by atoms with Crippen LogP contribution in [0.3, 0.4) is 0 Å². The number of carboxylic acids is 3. The van der Waals surface area contributed by atoms with E-state index < -0.39 is 48.3 Å². The molecule has 0 aliphatic carbocycles. The van der Waals surface area contributed by atoms with E-state index in [1.165, 1.54) is 4.90 Å². The zero-order valence-electron chi connectivity index (χ0n) is 12.1. The average molecular weight is 336 g/mol. The highest BCUT2D eigenvalue weighted by Crippen LogP contribution is 2.19. The molecule has 11 heteroatoms. The van der Waals surface area contributed by atoms with Gasteiger partial charge in [0, 0.05) is 13.1 Å². The third-order valence-corrected chi connectivity index (χ3v) is 3.57. The molecule has 0 spiro atoms. The molecule has 132 valence electrons. The number of carboxylic acid groups (broad SMARTS) is 3. The van der Waals surface area contributed by atoms with Gasteiger partial charge in [-0.1, -0.05) is 0 Å². The Bertz CT molecular complexity index is 458. The van der Waals surface area contributed by atoms with Crippen LogP contribution in [-0.2, 0) is 14.4 Å². The lowest BCUT2D eigenvalue weighted by atomic mass is 9.97. The van der Waals surface area contributed by atoms with Gasteiger partial charge < -0.3 is 36.0 Å². The molecule has 0 aromatic heterocycles. The first-order chi connectivity index (χ1) is 10.6. The largest absolute Gasteiger partial charge is 0.480 e. The lowest BCUT2D eigenvalue weighted by Crippen LogP contribution is -2.66. The Morgan fingerprint density at radius 2 is 1.74 bits per heavy atom. The molecule has 1 rings (SSSR count). The fourth-order valence-corrected chi connectivity index (χ4v) is 2.30. The highest BCUT2D eigenvalue weighted by atomic mass is 16.4. The Kier molecular flexibility index (Phi) is 6.84. The summed E-state index contributed by atoms with van der Waals surface area (Å²) in [5.41, 5.74) is 0. The number of likely N-dealkylation sites (tertiary alicyclic amines) is 1. The highest BCUT2D eigenvalue weighted by molar-refractivity contribution is 5.76. The van der Waals surface area contributed by atoms with Crippen LogP contribution >= 0.6 is 0 Å². The van der Waals surface area contributed by atoms with E-state index in [1.807, 2.05) is 0 Å². The number of nitrogens with zero attached hydrogens (tertiary/aromatic N) is 1. The second kappa shape index (κ2) is 8.17. The van der Waals surface area contributed by atoms with Crippen molar-refractivity contribution in [1.29, 1.82) is 0 Å². The van der Waals surface area contributed by atoms with Crippen LogP contribution in [0.25, 0.3) is 0 Å². The number of nitrogens with one attached hydrogen (secondary N) is 1.